The number of nitrogens with one attached hydrogen (secondary N) is 1. The van der Waals surface area contributed by atoms with Gasteiger partial charge >= 0.3 is 5.97 Å². The highest BCUT2D eigenvalue weighted by Crippen LogP contribution is 2.37. The lowest BCUT2D eigenvalue weighted by atomic mass is 10.0. The molecule has 170 valence electrons. The maximum atomic E-state index is 14.1. The van der Waals surface area contributed by atoms with Crippen LogP contribution < -0.4 is 4.72 Å². The van der Waals surface area contributed by atoms with Gasteiger partial charge in [0.05, 0.1) is 12.7 Å². The number of methoxy groups -OCH3 is 1. The van der Waals surface area contributed by atoms with Crippen molar-refractivity contribution < 1.29 is 31.1 Å². The Hall–Kier alpha value is -1.95. The van der Waals surface area contributed by atoms with Gasteiger partial charge in [-0.2, -0.15) is 0 Å². The summed E-state index contributed by atoms with van der Waals surface area (Å²) in [6, 6.07) is 1.27. The summed E-state index contributed by atoms with van der Waals surface area (Å²) < 4.78 is 74.6. The third-order valence-electron chi connectivity index (χ3n) is 5.23. The molecule has 2 aromatic rings. The van der Waals surface area contributed by atoms with Crippen LogP contribution in [0.15, 0.2) is 16.3 Å². The van der Waals surface area contributed by atoms with Crippen molar-refractivity contribution in [3.8, 4) is 0 Å². The van der Waals surface area contributed by atoms with Gasteiger partial charge in [-0.1, -0.05) is 6.92 Å². The van der Waals surface area contributed by atoms with Gasteiger partial charge in [0.25, 0.3) is 10.0 Å². The van der Waals surface area contributed by atoms with Gasteiger partial charge in [-0.25, -0.2) is 31.1 Å². The number of benzene rings is 1. The second-order valence-electron chi connectivity index (χ2n) is 7.37. The molecule has 6 nitrogen and oxygen atoms in total. The van der Waals surface area contributed by atoms with Gasteiger partial charge in [-0.15, -0.1) is 11.3 Å². The predicted molar refractivity (Wildman–Crippen MR) is 110 cm³/mol. The normalized spacial score (nSPS) is 15.5. The molecule has 1 aliphatic rings. The summed E-state index contributed by atoms with van der Waals surface area (Å²) in [5, 5.41) is 0. The number of rotatable bonds is 7. The number of ether oxygens (including phenoxy) is 1. The number of thiophene rings is 1. The molecule has 1 N–H and O–H groups in total. The molecule has 1 atom stereocenters. The van der Waals surface area contributed by atoms with E-state index in [1.807, 2.05) is 6.92 Å². The van der Waals surface area contributed by atoms with Crippen molar-refractivity contribution in [2.24, 2.45) is 0 Å². The SMILES string of the molecule is CCC(C)NS(=O)(=O)c1sc2c(c1C(=O)OC)CCN(Cc1c(F)ccc(F)c1F)C2. The Morgan fingerprint density at radius 1 is 1.29 bits per heavy atom. The van der Waals surface area contributed by atoms with Gasteiger partial charge < -0.3 is 4.74 Å². The number of carbonyl (C=O) groups excluding carboxylic acids is 1. The molecule has 0 fully saturated rings. The highest BCUT2D eigenvalue weighted by atomic mass is 32.2. The van der Waals surface area contributed by atoms with Crippen molar-refractivity contribution in [2.45, 2.75) is 50.0 Å². The van der Waals surface area contributed by atoms with Crippen LogP contribution in [-0.4, -0.2) is 39.0 Å². The molecule has 2 heterocycles. The van der Waals surface area contributed by atoms with Crippen LogP contribution in [0.3, 0.4) is 0 Å². The quantitative estimate of drug-likeness (QED) is 0.488. The lowest BCUT2D eigenvalue weighted by Gasteiger charge is -2.27. The second kappa shape index (κ2) is 9.27. The summed E-state index contributed by atoms with van der Waals surface area (Å²) in [6.07, 6.45) is 0.851. The number of nitrogens with zero attached hydrogens (tertiary/aromatic N) is 1. The molecule has 0 saturated carbocycles. The average Bonchev–Trinajstić information content (AvgIpc) is 3.12. The summed E-state index contributed by atoms with van der Waals surface area (Å²) in [6.45, 7) is 3.83. The van der Waals surface area contributed by atoms with Crippen molar-refractivity contribution in [3.05, 3.63) is 51.2 Å². The van der Waals surface area contributed by atoms with Gasteiger partial charge in [0.15, 0.2) is 11.6 Å². The molecule has 31 heavy (non-hydrogen) atoms. The minimum atomic E-state index is -3.97. The van der Waals surface area contributed by atoms with E-state index in [2.05, 4.69) is 4.72 Å². The average molecular weight is 477 g/mol. The van der Waals surface area contributed by atoms with E-state index in [4.69, 9.17) is 4.74 Å². The van der Waals surface area contributed by atoms with Crippen LogP contribution in [0.4, 0.5) is 13.2 Å². The smallest absolute Gasteiger partial charge is 0.340 e. The summed E-state index contributed by atoms with van der Waals surface area (Å²) in [7, 11) is -2.79. The van der Waals surface area contributed by atoms with Crippen molar-refractivity contribution in [2.75, 3.05) is 13.7 Å². The molecular weight excluding hydrogens is 453 g/mol. The molecule has 11 heteroatoms. The van der Waals surface area contributed by atoms with Crippen LogP contribution in [0.1, 0.15) is 46.6 Å². The Morgan fingerprint density at radius 2 is 1.97 bits per heavy atom. The first kappa shape index (κ1) is 23.7. The molecular formula is C20H23F3N2O4S2. The van der Waals surface area contributed by atoms with Crippen LogP contribution in [0.25, 0.3) is 0 Å². The number of sulfonamides is 1. The van der Waals surface area contributed by atoms with Crippen molar-refractivity contribution in [1.82, 2.24) is 9.62 Å². The minimum absolute atomic E-state index is 0.000990. The summed E-state index contributed by atoms with van der Waals surface area (Å²) >= 11 is 0.936. The van der Waals surface area contributed by atoms with Crippen LogP contribution in [0.5, 0.6) is 0 Å². The van der Waals surface area contributed by atoms with Crippen LogP contribution in [0.2, 0.25) is 0 Å². The number of esters is 1. The fraction of sp³-hybridized carbons (Fsp3) is 0.450. The third kappa shape index (κ3) is 4.79. The zero-order valence-corrected chi connectivity index (χ0v) is 18.9. The van der Waals surface area contributed by atoms with Crippen LogP contribution >= 0.6 is 11.3 Å². The number of hydrogen-bond acceptors (Lipinski definition) is 6. The topological polar surface area (TPSA) is 75.7 Å². The minimum Gasteiger partial charge on any atom is -0.465 e. The standard InChI is InChI=1S/C20H23F3N2O4S2/c1-4-11(2)24-31(27,28)20-17(19(26)29-3)12-7-8-25(10-16(12)30-20)9-13-14(21)5-6-15(22)18(13)23/h5-6,11,24H,4,7-10H2,1-3H3. The molecule has 0 aliphatic carbocycles. The number of hydrogen-bond donors (Lipinski definition) is 1. The summed E-state index contributed by atoms with van der Waals surface area (Å²) in [4.78, 5) is 14.7. The Kier molecular flexibility index (Phi) is 7.09. The van der Waals surface area contributed by atoms with E-state index in [1.54, 1.807) is 11.8 Å². The van der Waals surface area contributed by atoms with Gasteiger partial charge in [-0.05, 0) is 37.5 Å². The lowest BCUT2D eigenvalue weighted by molar-refractivity contribution is 0.0595. The Labute approximate surface area is 183 Å². The molecule has 0 spiro atoms. The zero-order valence-electron chi connectivity index (χ0n) is 17.3. The molecule has 0 amide bonds. The molecule has 3 rings (SSSR count). The van der Waals surface area contributed by atoms with Gasteiger partial charge in [0.1, 0.15) is 10.0 Å². The molecule has 1 aromatic carbocycles. The van der Waals surface area contributed by atoms with Crippen LogP contribution in [-0.2, 0) is 34.3 Å². The largest absolute Gasteiger partial charge is 0.465 e. The predicted octanol–water partition coefficient (Wildman–Crippen LogP) is 3.59. The van der Waals surface area contributed by atoms with Crippen molar-refractivity contribution in [3.63, 3.8) is 0 Å². The molecule has 1 aliphatic heterocycles. The summed E-state index contributed by atoms with van der Waals surface area (Å²) in [5.74, 6) is -3.99. The highest BCUT2D eigenvalue weighted by Gasteiger charge is 2.34. The third-order valence-corrected chi connectivity index (χ3v) is 8.55. The van der Waals surface area contributed by atoms with E-state index in [9.17, 15) is 26.4 Å². The maximum Gasteiger partial charge on any atom is 0.340 e. The van der Waals surface area contributed by atoms with Gasteiger partial charge in [0.2, 0.25) is 0 Å². The maximum absolute atomic E-state index is 14.1. The monoisotopic (exact) mass is 476 g/mol. The first-order valence-corrected chi connectivity index (χ1v) is 12.0. The Balaban J connectivity index is 1.96. The first-order chi connectivity index (χ1) is 14.6. The zero-order chi connectivity index (χ0) is 22.9. The van der Waals surface area contributed by atoms with Crippen molar-refractivity contribution >= 4 is 27.3 Å². The van der Waals surface area contributed by atoms with E-state index < -0.39 is 33.4 Å². The molecule has 0 radical (unpaired) electrons. The Morgan fingerprint density at radius 3 is 2.61 bits per heavy atom. The second-order valence-corrected chi connectivity index (χ2v) is 10.4. The highest BCUT2D eigenvalue weighted by molar-refractivity contribution is 7.91. The molecule has 1 unspecified atom stereocenters. The van der Waals surface area contributed by atoms with E-state index >= 15 is 0 Å². The van der Waals surface area contributed by atoms with E-state index in [-0.39, 0.29) is 40.9 Å². The van der Waals surface area contributed by atoms with E-state index in [0.29, 0.717) is 23.4 Å². The number of carbonyl (C=O) groups is 1. The molecule has 0 bridgehead atoms. The Bertz CT molecular complexity index is 1100. The lowest BCUT2D eigenvalue weighted by Crippen LogP contribution is -2.32. The first-order valence-electron chi connectivity index (χ1n) is 9.68. The molecule has 0 saturated heterocycles. The fourth-order valence-electron chi connectivity index (χ4n) is 3.40. The van der Waals surface area contributed by atoms with Crippen LogP contribution in [0, 0.1) is 17.5 Å². The van der Waals surface area contributed by atoms with E-state index in [0.717, 1.165) is 23.5 Å². The van der Waals surface area contributed by atoms with Gasteiger partial charge in [-0.3, -0.25) is 4.90 Å². The summed E-state index contributed by atoms with van der Waals surface area (Å²) in [5.41, 5.74) is 0.165. The van der Waals surface area contributed by atoms with Gasteiger partial charge in [0, 0.05) is 36.1 Å². The van der Waals surface area contributed by atoms with Crippen molar-refractivity contribution in [1.29, 1.82) is 0 Å². The number of fused-ring (bicyclic) bond motifs is 1. The van der Waals surface area contributed by atoms with E-state index in [1.165, 1.54) is 7.11 Å². The number of halogens is 3. The molecule has 1 aromatic heterocycles. The fourth-order valence-corrected chi connectivity index (χ4v) is 6.67.